The van der Waals surface area contributed by atoms with Gasteiger partial charge in [0.1, 0.15) is 5.82 Å². The molecule has 3 aromatic rings. The predicted molar refractivity (Wildman–Crippen MR) is 89.9 cm³/mol. The summed E-state index contributed by atoms with van der Waals surface area (Å²) in [5.74, 6) is -0.323. The minimum atomic E-state index is -0.440. The smallest absolute Gasteiger partial charge is 0.228 e. The molecule has 1 amide bonds. The molecule has 1 fully saturated rings. The van der Waals surface area contributed by atoms with Gasteiger partial charge in [0.05, 0.1) is 17.3 Å². The molecule has 126 valence electrons. The molecule has 0 saturated heterocycles. The quantitative estimate of drug-likeness (QED) is 0.742. The van der Waals surface area contributed by atoms with E-state index >= 15 is 0 Å². The Labute approximate surface area is 142 Å². The number of aldehydes is 1. The molecule has 3 aromatic heterocycles. The Morgan fingerprint density at radius 3 is 2.92 bits per heavy atom. The molecule has 0 radical (unpaired) electrons. The van der Waals surface area contributed by atoms with Crippen LogP contribution in [0.2, 0.25) is 0 Å². The summed E-state index contributed by atoms with van der Waals surface area (Å²) in [7, 11) is 0. The van der Waals surface area contributed by atoms with Crippen LogP contribution in [0.25, 0.3) is 16.6 Å². The van der Waals surface area contributed by atoms with Crippen LogP contribution in [0.1, 0.15) is 28.9 Å². The van der Waals surface area contributed by atoms with E-state index in [1.54, 1.807) is 31.3 Å². The molecule has 25 heavy (non-hydrogen) atoms. The topological polar surface area (TPSA) is 76.4 Å². The molecule has 0 bridgehead atoms. The molecule has 0 unspecified atom stereocenters. The Balaban J connectivity index is 1.80. The number of rotatable bonds is 4. The molecule has 0 spiro atoms. The lowest BCUT2D eigenvalue weighted by Crippen LogP contribution is -2.14. The fourth-order valence-electron chi connectivity index (χ4n) is 2.77. The fraction of sp³-hybridized carbons (Fsp3) is 0.222. The third kappa shape index (κ3) is 2.77. The average molecular weight is 338 g/mol. The molecule has 0 aliphatic heterocycles. The molecule has 1 aliphatic carbocycles. The standard InChI is InChI=1S/C18H15FN4O2/c1-10-6-13(15(19)8-20-10)12-4-5-23-16(7-12)14(9-24)17(22-23)21-18(25)11-2-3-11/h4-9,11H,2-3H2,1H3,(H,21,22,25). The number of fused-ring (bicyclic) bond motifs is 1. The van der Waals surface area contributed by atoms with Crippen LogP contribution in [-0.4, -0.2) is 26.8 Å². The fourth-order valence-corrected chi connectivity index (χ4v) is 2.77. The number of anilines is 1. The van der Waals surface area contributed by atoms with Crippen LogP contribution in [-0.2, 0) is 4.79 Å². The van der Waals surface area contributed by atoms with Crippen LogP contribution >= 0.6 is 0 Å². The maximum atomic E-state index is 14.1. The van der Waals surface area contributed by atoms with Crippen molar-refractivity contribution in [1.29, 1.82) is 0 Å². The van der Waals surface area contributed by atoms with Crippen LogP contribution < -0.4 is 5.32 Å². The highest BCUT2D eigenvalue weighted by Gasteiger charge is 2.30. The zero-order valence-corrected chi connectivity index (χ0v) is 13.5. The number of nitrogens with zero attached hydrogens (tertiary/aromatic N) is 3. The summed E-state index contributed by atoms with van der Waals surface area (Å²) in [6.07, 6.45) is 5.19. The van der Waals surface area contributed by atoms with Gasteiger partial charge in [-0.15, -0.1) is 5.10 Å². The van der Waals surface area contributed by atoms with Gasteiger partial charge < -0.3 is 5.32 Å². The highest BCUT2D eigenvalue weighted by molar-refractivity contribution is 6.01. The van der Waals surface area contributed by atoms with Gasteiger partial charge in [-0.2, -0.15) is 0 Å². The molecule has 4 rings (SSSR count). The van der Waals surface area contributed by atoms with Crippen molar-refractivity contribution in [2.75, 3.05) is 5.32 Å². The SMILES string of the molecule is Cc1cc(-c2ccn3nc(NC(=O)C4CC4)c(C=O)c3c2)c(F)cn1. The average Bonchev–Trinajstić information content (AvgIpc) is 3.39. The van der Waals surface area contributed by atoms with Crippen molar-refractivity contribution in [3.8, 4) is 11.1 Å². The van der Waals surface area contributed by atoms with E-state index in [0.29, 0.717) is 28.6 Å². The van der Waals surface area contributed by atoms with E-state index in [9.17, 15) is 14.0 Å². The zero-order valence-electron chi connectivity index (χ0n) is 13.5. The number of halogens is 1. The summed E-state index contributed by atoms with van der Waals surface area (Å²) in [5.41, 5.74) is 2.49. The lowest BCUT2D eigenvalue weighted by Gasteiger charge is -2.05. The molecule has 1 aliphatic rings. The van der Waals surface area contributed by atoms with Crippen molar-refractivity contribution in [1.82, 2.24) is 14.6 Å². The lowest BCUT2D eigenvalue weighted by molar-refractivity contribution is -0.117. The van der Waals surface area contributed by atoms with Crippen LogP contribution in [0.5, 0.6) is 0 Å². The number of hydrogen-bond acceptors (Lipinski definition) is 4. The van der Waals surface area contributed by atoms with Crippen LogP contribution in [0.3, 0.4) is 0 Å². The maximum Gasteiger partial charge on any atom is 0.228 e. The summed E-state index contributed by atoms with van der Waals surface area (Å²) in [4.78, 5) is 27.4. The number of amides is 1. The van der Waals surface area contributed by atoms with E-state index in [4.69, 9.17) is 0 Å². The van der Waals surface area contributed by atoms with Crippen molar-refractivity contribution < 1.29 is 14.0 Å². The van der Waals surface area contributed by atoms with Gasteiger partial charge in [0.25, 0.3) is 0 Å². The van der Waals surface area contributed by atoms with Crippen LogP contribution in [0.4, 0.5) is 10.2 Å². The third-order valence-corrected chi connectivity index (χ3v) is 4.28. The van der Waals surface area contributed by atoms with Crippen molar-refractivity contribution >= 4 is 23.5 Å². The number of pyridine rings is 2. The molecular weight excluding hydrogens is 323 g/mol. The van der Waals surface area contributed by atoms with Crippen LogP contribution in [0, 0.1) is 18.7 Å². The van der Waals surface area contributed by atoms with Gasteiger partial charge >= 0.3 is 0 Å². The summed E-state index contributed by atoms with van der Waals surface area (Å²) < 4.78 is 15.6. The first-order chi connectivity index (χ1) is 12.1. The minimum absolute atomic E-state index is 0.00812. The zero-order chi connectivity index (χ0) is 17.6. The second-order valence-corrected chi connectivity index (χ2v) is 6.19. The van der Waals surface area contributed by atoms with E-state index in [0.717, 1.165) is 12.8 Å². The first kappa shape index (κ1) is 15.4. The Morgan fingerprint density at radius 2 is 2.20 bits per heavy atom. The molecule has 6 nitrogen and oxygen atoms in total. The van der Waals surface area contributed by atoms with Gasteiger partial charge in [0, 0.05) is 23.4 Å². The number of aromatic nitrogens is 3. The van der Waals surface area contributed by atoms with Crippen molar-refractivity contribution in [3.63, 3.8) is 0 Å². The first-order valence-electron chi connectivity index (χ1n) is 7.98. The minimum Gasteiger partial charge on any atom is -0.308 e. The molecule has 0 aromatic carbocycles. The van der Waals surface area contributed by atoms with Gasteiger partial charge in [0.2, 0.25) is 5.91 Å². The van der Waals surface area contributed by atoms with E-state index in [1.807, 2.05) is 0 Å². The van der Waals surface area contributed by atoms with Gasteiger partial charge in [-0.1, -0.05) is 0 Å². The largest absolute Gasteiger partial charge is 0.308 e. The van der Waals surface area contributed by atoms with Crippen molar-refractivity contribution in [2.45, 2.75) is 19.8 Å². The summed E-state index contributed by atoms with van der Waals surface area (Å²) >= 11 is 0. The molecule has 3 heterocycles. The van der Waals surface area contributed by atoms with Gasteiger partial charge in [-0.05, 0) is 43.5 Å². The highest BCUT2D eigenvalue weighted by atomic mass is 19.1. The third-order valence-electron chi connectivity index (χ3n) is 4.28. The van der Waals surface area contributed by atoms with E-state index in [2.05, 4.69) is 15.4 Å². The highest BCUT2D eigenvalue weighted by Crippen LogP contribution is 2.31. The van der Waals surface area contributed by atoms with E-state index in [1.165, 1.54) is 10.7 Å². The molecule has 7 heteroatoms. The normalized spacial score (nSPS) is 13.8. The lowest BCUT2D eigenvalue weighted by atomic mass is 10.1. The first-order valence-corrected chi connectivity index (χ1v) is 7.98. The van der Waals surface area contributed by atoms with Crippen molar-refractivity contribution in [2.24, 2.45) is 5.92 Å². The number of aryl methyl sites for hydroxylation is 1. The summed E-state index contributed by atoms with van der Waals surface area (Å²) in [5, 5.41) is 6.96. The van der Waals surface area contributed by atoms with Crippen molar-refractivity contribution in [3.05, 3.63) is 47.7 Å². The van der Waals surface area contributed by atoms with E-state index < -0.39 is 5.82 Å². The molecular formula is C18H15FN4O2. The number of carbonyl (C=O) groups excluding carboxylic acids is 2. The molecule has 0 atom stereocenters. The Bertz CT molecular complexity index is 1010. The second-order valence-electron chi connectivity index (χ2n) is 6.19. The number of carbonyl (C=O) groups is 2. The molecule has 1 saturated carbocycles. The number of nitrogens with one attached hydrogen (secondary N) is 1. The van der Waals surface area contributed by atoms with Crippen LogP contribution in [0.15, 0.2) is 30.6 Å². The van der Waals surface area contributed by atoms with E-state index in [-0.39, 0.29) is 23.2 Å². The van der Waals surface area contributed by atoms with Gasteiger partial charge in [0.15, 0.2) is 12.1 Å². The maximum absolute atomic E-state index is 14.1. The Kier molecular flexibility index (Phi) is 3.56. The summed E-state index contributed by atoms with van der Waals surface area (Å²) in [6.45, 7) is 1.78. The Morgan fingerprint density at radius 1 is 1.40 bits per heavy atom. The second kappa shape index (κ2) is 5.77. The number of hydrogen-bond donors (Lipinski definition) is 1. The molecule has 1 N–H and O–H groups in total. The summed E-state index contributed by atoms with van der Waals surface area (Å²) in [6, 6.07) is 5.04. The monoisotopic (exact) mass is 338 g/mol. The Hall–Kier alpha value is -3.09. The van der Waals surface area contributed by atoms with Gasteiger partial charge in [-0.3, -0.25) is 14.6 Å². The van der Waals surface area contributed by atoms with Gasteiger partial charge in [-0.25, -0.2) is 8.91 Å². The predicted octanol–water partition coefficient (Wildman–Crippen LogP) is 3.00.